The van der Waals surface area contributed by atoms with Crippen molar-refractivity contribution in [2.45, 2.75) is 50.4 Å². The normalized spacial score (nSPS) is 43.1. The molecule has 0 aromatic heterocycles. The number of rotatable bonds is 2. The highest BCUT2D eigenvalue weighted by Crippen LogP contribution is 2.48. The first-order chi connectivity index (χ1) is 6.30. The molecule has 1 aliphatic heterocycles. The van der Waals surface area contributed by atoms with Crippen LogP contribution >= 0.6 is 0 Å². The van der Waals surface area contributed by atoms with Gasteiger partial charge < -0.3 is 9.47 Å². The Bertz CT molecular complexity index is 234. The van der Waals surface area contributed by atoms with Gasteiger partial charge in [0.15, 0.2) is 6.10 Å². The standard InChI is InChI=1S/C10H15NO2/c1-2-12-8-4-3-5-10(6-8)9(7-11)13-10/h8-9H,2-6H2,1H3. The Morgan fingerprint density at radius 1 is 1.69 bits per heavy atom. The van der Waals surface area contributed by atoms with Gasteiger partial charge in [-0.2, -0.15) is 5.26 Å². The summed E-state index contributed by atoms with van der Waals surface area (Å²) in [5.41, 5.74) is -0.118. The molecule has 1 saturated carbocycles. The van der Waals surface area contributed by atoms with Crippen molar-refractivity contribution < 1.29 is 9.47 Å². The summed E-state index contributed by atoms with van der Waals surface area (Å²) < 4.78 is 11.0. The summed E-state index contributed by atoms with van der Waals surface area (Å²) >= 11 is 0. The van der Waals surface area contributed by atoms with E-state index in [1.165, 1.54) is 0 Å². The molecule has 2 rings (SSSR count). The van der Waals surface area contributed by atoms with E-state index in [0.717, 1.165) is 32.3 Å². The van der Waals surface area contributed by atoms with Crippen molar-refractivity contribution >= 4 is 0 Å². The summed E-state index contributed by atoms with van der Waals surface area (Å²) in [6, 6.07) is 2.18. The van der Waals surface area contributed by atoms with E-state index in [2.05, 4.69) is 6.07 Å². The van der Waals surface area contributed by atoms with Crippen molar-refractivity contribution in [3.63, 3.8) is 0 Å². The molecule has 0 N–H and O–H groups in total. The van der Waals surface area contributed by atoms with E-state index >= 15 is 0 Å². The Kier molecular flexibility index (Phi) is 2.27. The Labute approximate surface area is 78.6 Å². The molecule has 13 heavy (non-hydrogen) atoms. The molecule has 2 aliphatic rings. The molecule has 1 aliphatic carbocycles. The molecule has 1 heterocycles. The molecule has 0 radical (unpaired) electrons. The van der Waals surface area contributed by atoms with Crippen LogP contribution in [0.5, 0.6) is 0 Å². The molecule has 2 fully saturated rings. The predicted octanol–water partition coefficient (Wildman–Crippen LogP) is 1.63. The molecule has 0 amide bonds. The fraction of sp³-hybridized carbons (Fsp3) is 0.900. The molecule has 1 saturated heterocycles. The Morgan fingerprint density at radius 3 is 3.15 bits per heavy atom. The predicted molar refractivity (Wildman–Crippen MR) is 47.1 cm³/mol. The van der Waals surface area contributed by atoms with E-state index < -0.39 is 0 Å². The SMILES string of the molecule is CCOC1CCCC2(C1)OC2C#N. The minimum Gasteiger partial charge on any atom is -0.378 e. The maximum absolute atomic E-state index is 8.72. The van der Waals surface area contributed by atoms with Crippen molar-refractivity contribution in [1.82, 2.24) is 0 Å². The van der Waals surface area contributed by atoms with E-state index in [4.69, 9.17) is 14.7 Å². The second-order valence-electron chi connectivity index (χ2n) is 3.87. The third-order valence-electron chi connectivity index (χ3n) is 2.99. The molecule has 1 spiro atoms. The second-order valence-corrected chi connectivity index (χ2v) is 3.87. The van der Waals surface area contributed by atoms with Gasteiger partial charge in [-0.1, -0.05) is 0 Å². The average molecular weight is 181 g/mol. The van der Waals surface area contributed by atoms with Crippen LogP contribution in [0.25, 0.3) is 0 Å². The molecule has 0 bridgehead atoms. The molecular weight excluding hydrogens is 166 g/mol. The van der Waals surface area contributed by atoms with Crippen LogP contribution in [0.15, 0.2) is 0 Å². The molecule has 3 atom stereocenters. The largest absolute Gasteiger partial charge is 0.378 e. The van der Waals surface area contributed by atoms with E-state index in [-0.39, 0.29) is 11.7 Å². The average Bonchev–Trinajstić information content (AvgIpc) is 2.79. The zero-order chi connectivity index (χ0) is 9.31. The van der Waals surface area contributed by atoms with Crippen molar-refractivity contribution in [3.05, 3.63) is 0 Å². The first-order valence-electron chi connectivity index (χ1n) is 5.00. The topological polar surface area (TPSA) is 45.5 Å². The fourth-order valence-electron chi connectivity index (χ4n) is 2.29. The van der Waals surface area contributed by atoms with Gasteiger partial charge in [-0.05, 0) is 26.2 Å². The van der Waals surface area contributed by atoms with Crippen LogP contribution < -0.4 is 0 Å². The molecule has 0 aromatic rings. The number of ether oxygens (including phenoxy) is 2. The lowest BCUT2D eigenvalue weighted by molar-refractivity contribution is 0.0119. The minimum atomic E-state index is -0.157. The van der Waals surface area contributed by atoms with Crippen molar-refractivity contribution in [1.29, 1.82) is 5.26 Å². The van der Waals surface area contributed by atoms with Crippen LogP contribution in [-0.4, -0.2) is 24.4 Å². The van der Waals surface area contributed by atoms with Crippen molar-refractivity contribution in [3.8, 4) is 6.07 Å². The van der Waals surface area contributed by atoms with E-state index in [9.17, 15) is 0 Å². The first-order valence-corrected chi connectivity index (χ1v) is 5.00. The van der Waals surface area contributed by atoms with Gasteiger partial charge in [0.25, 0.3) is 0 Å². The van der Waals surface area contributed by atoms with Crippen molar-refractivity contribution in [2.75, 3.05) is 6.61 Å². The minimum absolute atomic E-state index is 0.118. The molecule has 0 aromatic carbocycles. The van der Waals surface area contributed by atoms with Gasteiger partial charge in [0.05, 0.1) is 12.2 Å². The zero-order valence-corrected chi connectivity index (χ0v) is 7.95. The lowest BCUT2D eigenvalue weighted by Crippen LogP contribution is -2.30. The summed E-state index contributed by atoms with van der Waals surface area (Å²) in [5, 5.41) is 8.72. The van der Waals surface area contributed by atoms with E-state index in [1.807, 2.05) is 6.92 Å². The van der Waals surface area contributed by atoms with Crippen LogP contribution in [0.2, 0.25) is 0 Å². The molecule has 72 valence electrons. The lowest BCUT2D eigenvalue weighted by atomic mass is 9.85. The summed E-state index contributed by atoms with van der Waals surface area (Å²) in [6.07, 6.45) is 4.36. The highest BCUT2D eigenvalue weighted by atomic mass is 16.6. The van der Waals surface area contributed by atoms with Gasteiger partial charge in [0.1, 0.15) is 5.60 Å². The van der Waals surface area contributed by atoms with Gasteiger partial charge in [-0.15, -0.1) is 0 Å². The Balaban J connectivity index is 1.91. The van der Waals surface area contributed by atoms with Crippen LogP contribution in [0.1, 0.15) is 32.6 Å². The van der Waals surface area contributed by atoms with Gasteiger partial charge in [0, 0.05) is 13.0 Å². The third-order valence-corrected chi connectivity index (χ3v) is 2.99. The highest BCUT2D eigenvalue weighted by molar-refractivity contribution is 5.15. The van der Waals surface area contributed by atoms with Crippen LogP contribution in [0, 0.1) is 11.3 Å². The van der Waals surface area contributed by atoms with Crippen molar-refractivity contribution in [2.24, 2.45) is 0 Å². The summed E-state index contributed by atoms with van der Waals surface area (Å²) in [4.78, 5) is 0. The molecule has 3 nitrogen and oxygen atoms in total. The number of nitrogens with zero attached hydrogens (tertiary/aromatic N) is 1. The number of nitriles is 1. The maximum atomic E-state index is 8.72. The Hall–Kier alpha value is -0.590. The molecule has 3 unspecified atom stereocenters. The third kappa shape index (κ3) is 1.56. The summed E-state index contributed by atoms with van der Waals surface area (Å²) in [7, 11) is 0. The second kappa shape index (κ2) is 3.28. The first kappa shape index (κ1) is 8.98. The molecular formula is C10H15NO2. The summed E-state index contributed by atoms with van der Waals surface area (Å²) in [6.45, 7) is 2.77. The van der Waals surface area contributed by atoms with Crippen LogP contribution in [0.3, 0.4) is 0 Å². The van der Waals surface area contributed by atoms with Crippen LogP contribution in [0.4, 0.5) is 0 Å². The fourth-order valence-corrected chi connectivity index (χ4v) is 2.29. The van der Waals surface area contributed by atoms with E-state index in [1.54, 1.807) is 0 Å². The van der Waals surface area contributed by atoms with E-state index in [0.29, 0.717) is 6.10 Å². The summed E-state index contributed by atoms with van der Waals surface area (Å²) in [5.74, 6) is 0. The molecule has 3 heteroatoms. The Morgan fingerprint density at radius 2 is 2.54 bits per heavy atom. The lowest BCUT2D eigenvalue weighted by Gasteiger charge is -2.26. The van der Waals surface area contributed by atoms with Gasteiger partial charge in [0.2, 0.25) is 0 Å². The quantitative estimate of drug-likeness (QED) is 0.608. The van der Waals surface area contributed by atoms with Crippen LogP contribution in [-0.2, 0) is 9.47 Å². The van der Waals surface area contributed by atoms with Gasteiger partial charge >= 0.3 is 0 Å². The number of hydrogen-bond donors (Lipinski definition) is 0. The smallest absolute Gasteiger partial charge is 0.173 e. The maximum Gasteiger partial charge on any atom is 0.173 e. The van der Waals surface area contributed by atoms with Gasteiger partial charge in [-0.25, -0.2) is 0 Å². The number of hydrogen-bond acceptors (Lipinski definition) is 3. The highest BCUT2D eigenvalue weighted by Gasteiger charge is 2.58. The van der Waals surface area contributed by atoms with Gasteiger partial charge in [-0.3, -0.25) is 0 Å². The number of epoxide rings is 1. The monoisotopic (exact) mass is 181 g/mol. The zero-order valence-electron chi connectivity index (χ0n) is 7.95.